The van der Waals surface area contributed by atoms with Crippen LogP contribution in [0.25, 0.3) is 0 Å². The lowest BCUT2D eigenvalue weighted by Gasteiger charge is -2.07. The average molecular weight is 335 g/mol. The van der Waals surface area contributed by atoms with E-state index in [1.165, 1.54) is 18.3 Å². The second kappa shape index (κ2) is 5.90. The van der Waals surface area contributed by atoms with Crippen molar-refractivity contribution in [2.45, 2.75) is 16.2 Å². The van der Waals surface area contributed by atoms with E-state index in [9.17, 15) is 18.0 Å². The van der Waals surface area contributed by atoms with Crippen molar-refractivity contribution in [3.8, 4) is 0 Å². The highest BCUT2D eigenvalue weighted by atomic mass is 35.5. The van der Waals surface area contributed by atoms with Crippen molar-refractivity contribution in [3.05, 3.63) is 46.7 Å². The molecule has 0 aliphatic carbocycles. The fourth-order valence-corrected chi connectivity index (χ4v) is 2.43. The molecular formula is C12H6ClF3N2O2S. The zero-order chi connectivity index (χ0) is 15.6. The van der Waals surface area contributed by atoms with Gasteiger partial charge >= 0.3 is 12.1 Å². The molecule has 0 fully saturated rings. The standard InChI is InChI=1S/C12H6ClF3N2O2S/c13-9-7(11(19)20)3-4-17-10(9)21-8-2-1-6(5-18-8)12(14,15)16/h1-5H,(H,19,20). The highest BCUT2D eigenvalue weighted by Crippen LogP contribution is 2.34. The Balaban J connectivity index is 2.27. The van der Waals surface area contributed by atoms with Crippen LogP contribution in [0.2, 0.25) is 5.02 Å². The molecule has 0 amide bonds. The van der Waals surface area contributed by atoms with Gasteiger partial charge in [-0.1, -0.05) is 11.6 Å². The summed E-state index contributed by atoms with van der Waals surface area (Å²) in [6.07, 6.45) is -2.52. The van der Waals surface area contributed by atoms with Crippen LogP contribution in [-0.4, -0.2) is 21.0 Å². The van der Waals surface area contributed by atoms with Gasteiger partial charge in [0, 0.05) is 12.4 Å². The lowest BCUT2D eigenvalue weighted by Crippen LogP contribution is -2.05. The smallest absolute Gasteiger partial charge is 0.417 e. The van der Waals surface area contributed by atoms with Crippen molar-refractivity contribution < 1.29 is 23.1 Å². The molecule has 2 aromatic heterocycles. The summed E-state index contributed by atoms with van der Waals surface area (Å²) in [5.74, 6) is -1.22. The molecule has 110 valence electrons. The van der Waals surface area contributed by atoms with Gasteiger partial charge in [-0.25, -0.2) is 14.8 Å². The van der Waals surface area contributed by atoms with Crippen molar-refractivity contribution in [3.63, 3.8) is 0 Å². The molecule has 0 saturated carbocycles. The first-order valence-electron chi connectivity index (χ1n) is 5.38. The molecule has 2 rings (SSSR count). The molecule has 0 atom stereocenters. The number of pyridine rings is 2. The molecule has 1 N–H and O–H groups in total. The number of hydrogen-bond acceptors (Lipinski definition) is 4. The third kappa shape index (κ3) is 3.64. The van der Waals surface area contributed by atoms with Gasteiger partial charge in [0.25, 0.3) is 0 Å². The third-order valence-corrected chi connectivity index (χ3v) is 3.80. The topological polar surface area (TPSA) is 63.1 Å². The van der Waals surface area contributed by atoms with Crippen molar-refractivity contribution in [2.24, 2.45) is 0 Å². The van der Waals surface area contributed by atoms with Crippen molar-refractivity contribution >= 4 is 29.3 Å². The Bertz CT molecular complexity index is 677. The molecule has 21 heavy (non-hydrogen) atoms. The zero-order valence-electron chi connectivity index (χ0n) is 10.1. The van der Waals surface area contributed by atoms with Gasteiger partial charge in [0.1, 0.15) is 10.1 Å². The van der Waals surface area contributed by atoms with E-state index in [4.69, 9.17) is 16.7 Å². The zero-order valence-corrected chi connectivity index (χ0v) is 11.6. The van der Waals surface area contributed by atoms with Crippen LogP contribution in [0, 0.1) is 0 Å². The van der Waals surface area contributed by atoms with Gasteiger partial charge in [-0.15, -0.1) is 0 Å². The fraction of sp³-hybridized carbons (Fsp3) is 0.0833. The Morgan fingerprint density at radius 2 is 1.95 bits per heavy atom. The summed E-state index contributed by atoms with van der Waals surface area (Å²) >= 11 is 6.77. The van der Waals surface area contributed by atoms with E-state index in [1.54, 1.807) is 0 Å². The van der Waals surface area contributed by atoms with Crippen LogP contribution in [0.4, 0.5) is 13.2 Å². The highest BCUT2D eigenvalue weighted by molar-refractivity contribution is 7.99. The average Bonchev–Trinajstić information content (AvgIpc) is 2.40. The first kappa shape index (κ1) is 15.6. The maximum absolute atomic E-state index is 12.4. The Kier molecular flexibility index (Phi) is 4.38. The van der Waals surface area contributed by atoms with Crippen LogP contribution in [0.5, 0.6) is 0 Å². The number of nitrogens with zero attached hydrogens (tertiary/aromatic N) is 2. The normalized spacial score (nSPS) is 11.4. The summed E-state index contributed by atoms with van der Waals surface area (Å²) in [6, 6.07) is 3.28. The monoisotopic (exact) mass is 334 g/mol. The van der Waals surface area contributed by atoms with Gasteiger partial charge in [-0.3, -0.25) is 0 Å². The minimum absolute atomic E-state index is 0.0864. The first-order valence-corrected chi connectivity index (χ1v) is 6.57. The highest BCUT2D eigenvalue weighted by Gasteiger charge is 2.30. The predicted octanol–water partition coefficient (Wildman–Crippen LogP) is 4.00. The predicted molar refractivity (Wildman–Crippen MR) is 69.6 cm³/mol. The largest absolute Gasteiger partial charge is 0.478 e. The third-order valence-electron chi connectivity index (χ3n) is 2.35. The SMILES string of the molecule is O=C(O)c1ccnc(Sc2ccc(C(F)(F)F)cn2)c1Cl. The number of aromatic carboxylic acids is 1. The number of carboxylic acid groups (broad SMARTS) is 1. The van der Waals surface area contributed by atoms with Gasteiger partial charge in [0.15, 0.2) is 0 Å². The number of alkyl halides is 3. The molecule has 0 spiro atoms. The quantitative estimate of drug-likeness (QED) is 0.919. The minimum Gasteiger partial charge on any atom is -0.478 e. The summed E-state index contributed by atoms with van der Waals surface area (Å²) in [5, 5.41) is 9.21. The maximum atomic E-state index is 12.4. The van der Waals surface area contributed by atoms with Crippen LogP contribution < -0.4 is 0 Å². The lowest BCUT2D eigenvalue weighted by atomic mass is 10.3. The number of hydrogen-bond donors (Lipinski definition) is 1. The summed E-state index contributed by atoms with van der Waals surface area (Å²) < 4.78 is 37.2. The van der Waals surface area contributed by atoms with Crippen LogP contribution in [-0.2, 0) is 6.18 Å². The summed E-state index contributed by atoms with van der Waals surface area (Å²) in [4.78, 5) is 18.5. The van der Waals surface area contributed by atoms with Gasteiger partial charge in [0.05, 0.1) is 16.1 Å². The summed E-state index contributed by atoms with van der Waals surface area (Å²) in [7, 11) is 0. The molecular weight excluding hydrogens is 329 g/mol. The number of carboxylic acids is 1. The number of carbonyl (C=O) groups is 1. The van der Waals surface area contributed by atoms with Crippen LogP contribution in [0.15, 0.2) is 40.6 Å². The molecule has 0 aromatic carbocycles. The van der Waals surface area contributed by atoms with E-state index in [1.807, 2.05) is 0 Å². The van der Waals surface area contributed by atoms with Crippen LogP contribution in [0.3, 0.4) is 0 Å². The molecule has 0 unspecified atom stereocenters. The Hall–Kier alpha value is -1.80. The Morgan fingerprint density at radius 1 is 1.24 bits per heavy atom. The molecule has 0 aliphatic heterocycles. The second-order valence-electron chi connectivity index (χ2n) is 3.77. The fourth-order valence-electron chi connectivity index (χ4n) is 1.37. The molecule has 0 aliphatic rings. The molecule has 9 heteroatoms. The van der Waals surface area contributed by atoms with E-state index < -0.39 is 17.7 Å². The first-order chi connectivity index (χ1) is 9.79. The van der Waals surface area contributed by atoms with E-state index in [2.05, 4.69) is 9.97 Å². The summed E-state index contributed by atoms with van der Waals surface area (Å²) in [5.41, 5.74) is -1.01. The molecule has 2 heterocycles. The van der Waals surface area contributed by atoms with E-state index in [0.29, 0.717) is 6.20 Å². The maximum Gasteiger partial charge on any atom is 0.417 e. The van der Waals surface area contributed by atoms with Crippen molar-refractivity contribution in [1.82, 2.24) is 9.97 Å². The number of rotatable bonds is 3. The van der Waals surface area contributed by atoms with E-state index in [-0.39, 0.29) is 20.6 Å². The van der Waals surface area contributed by atoms with E-state index in [0.717, 1.165) is 17.8 Å². The number of aromatic nitrogens is 2. The van der Waals surface area contributed by atoms with Gasteiger partial charge in [-0.2, -0.15) is 13.2 Å². The second-order valence-corrected chi connectivity index (χ2v) is 5.15. The van der Waals surface area contributed by atoms with Gasteiger partial charge in [-0.05, 0) is 30.0 Å². The molecule has 0 radical (unpaired) electrons. The lowest BCUT2D eigenvalue weighted by molar-refractivity contribution is -0.137. The van der Waals surface area contributed by atoms with Crippen LogP contribution >= 0.6 is 23.4 Å². The van der Waals surface area contributed by atoms with Crippen molar-refractivity contribution in [1.29, 1.82) is 0 Å². The minimum atomic E-state index is -4.46. The molecule has 2 aromatic rings. The molecule has 0 bridgehead atoms. The number of halogens is 4. The van der Waals surface area contributed by atoms with E-state index >= 15 is 0 Å². The summed E-state index contributed by atoms with van der Waals surface area (Å²) in [6.45, 7) is 0. The molecule has 0 saturated heterocycles. The van der Waals surface area contributed by atoms with Gasteiger partial charge in [0.2, 0.25) is 0 Å². The van der Waals surface area contributed by atoms with Crippen LogP contribution in [0.1, 0.15) is 15.9 Å². The Labute approximate surface area is 126 Å². The molecule has 4 nitrogen and oxygen atoms in total. The Morgan fingerprint density at radius 3 is 2.48 bits per heavy atom. The van der Waals surface area contributed by atoms with Crippen molar-refractivity contribution in [2.75, 3.05) is 0 Å². The van der Waals surface area contributed by atoms with Gasteiger partial charge < -0.3 is 5.11 Å².